The van der Waals surface area contributed by atoms with Crippen LogP contribution in [0.4, 0.5) is 0 Å². The van der Waals surface area contributed by atoms with Crippen LogP contribution in [0.3, 0.4) is 0 Å². The van der Waals surface area contributed by atoms with E-state index in [2.05, 4.69) is 4.72 Å². The summed E-state index contributed by atoms with van der Waals surface area (Å²) in [6.45, 7) is 4.05. The third-order valence-electron chi connectivity index (χ3n) is 3.56. The van der Waals surface area contributed by atoms with E-state index in [4.69, 9.17) is 4.74 Å². The maximum absolute atomic E-state index is 12.1. The van der Waals surface area contributed by atoms with Gasteiger partial charge in [0.15, 0.2) is 0 Å². The van der Waals surface area contributed by atoms with Crippen molar-refractivity contribution in [3.63, 3.8) is 0 Å². The van der Waals surface area contributed by atoms with Crippen LogP contribution in [0.1, 0.15) is 18.9 Å². The van der Waals surface area contributed by atoms with Crippen molar-refractivity contribution in [3.8, 4) is 0 Å². The zero-order valence-electron chi connectivity index (χ0n) is 11.1. The Labute approximate surface area is 113 Å². The molecule has 0 saturated carbocycles. The van der Waals surface area contributed by atoms with Gasteiger partial charge in [0.2, 0.25) is 10.0 Å². The number of nitrogens with one attached hydrogen (secondary N) is 1. The van der Waals surface area contributed by atoms with Crippen LogP contribution < -0.4 is 4.72 Å². The fourth-order valence-corrected chi connectivity index (χ4v) is 3.12. The Balaban J connectivity index is 2.08. The molecule has 0 bridgehead atoms. The Kier molecular flexibility index (Phi) is 3.96. The molecule has 0 aliphatic carbocycles. The molecule has 1 aliphatic heterocycles. The number of aryl methyl sites for hydroxylation is 1. The second-order valence-electron chi connectivity index (χ2n) is 5.00. The molecule has 1 fully saturated rings. The summed E-state index contributed by atoms with van der Waals surface area (Å²) in [5.74, 6) is 0. The van der Waals surface area contributed by atoms with Crippen LogP contribution in [0.2, 0.25) is 0 Å². The van der Waals surface area contributed by atoms with E-state index >= 15 is 0 Å². The highest BCUT2D eigenvalue weighted by molar-refractivity contribution is 7.89. The maximum Gasteiger partial charge on any atom is 0.240 e. The lowest BCUT2D eigenvalue weighted by Gasteiger charge is -2.26. The molecule has 0 spiro atoms. The van der Waals surface area contributed by atoms with Crippen molar-refractivity contribution in [2.24, 2.45) is 0 Å². The van der Waals surface area contributed by atoms with E-state index in [0.717, 1.165) is 5.56 Å². The van der Waals surface area contributed by atoms with Crippen LogP contribution in [0.25, 0.3) is 0 Å². The lowest BCUT2D eigenvalue weighted by Crippen LogP contribution is -2.47. The maximum atomic E-state index is 12.1. The van der Waals surface area contributed by atoms with Crippen molar-refractivity contribution in [2.45, 2.75) is 36.9 Å². The molecule has 5 nitrogen and oxygen atoms in total. The van der Waals surface area contributed by atoms with Crippen molar-refractivity contribution in [1.82, 2.24) is 4.72 Å². The Bertz CT molecular complexity index is 540. The van der Waals surface area contributed by atoms with Crippen LogP contribution in [0, 0.1) is 6.92 Å². The number of aliphatic hydroxyl groups is 1. The highest BCUT2D eigenvalue weighted by Crippen LogP contribution is 2.25. The van der Waals surface area contributed by atoms with Gasteiger partial charge in [0.25, 0.3) is 0 Å². The minimum atomic E-state index is -3.59. The zero-order chi connectivity index (χ0) is 14.1. The van der Waals surface area contributed by atoms with Crippen molar-refractivity contribution >= 4 is 10.0 Å². The van der Waals surface area contributed by atoms with Crippen molar-refractivity contribution < 1.29 is 18.3 Å². The largest absolute Gasteiger partial charge is 0.386 e. The smallest absolute Gasteiger partial charge is 0.240 e. The molecule has 2 atom stereocenters. The van der Waals surface area contributed by atoms with Gasteiger partial charge >= 0.3 is 0 Å². The van der Waals surface area contributed by atoms with Gasteiger partial charge in [0.05, 0.1) is 11.0 Å². The number of benzene rings is 1. The first-order chi connectivity index (χ1) is 8.83. The summed E-state index contributed by atoms with van der Waals surface area (Å²) < 4.78 is 31.9. The minimum Gasteiger partial charge on any atom is -0.386 e. The fraction of sp³-hybridized carbons (Fsp3) is 0.538. The number of sulfonamides is 1. The first kappa shape index (κ1) is 14.5. The first-order valence-corrected chi connectivity index (χ1v) is 7.72. The van der Waals surface area contributed by atoms with Gasteiger partial charge in [-0.25, -0.2) is 13.1 Å². The monoisotopic (exact) mass is 285 g/mol. The van der Waals surface area contributed by atoms with E-state index in [0.29, 0.717) is 13.0 Å². The number of ether oxygens (including phenoxy) is 1. The van der Waals surface area contributed by atoms with Gasteiger partial charge in [-0.05, 0) is 26.0 Å². The highest BCUT2D eigenvalue weighted by atomic mass is 32.2. The Morgan fingerprint density at radius 1 is 1.42 bits per heavy atom. The third-order valence-corrected chi connectivity index (χ3v) is 4.98. The zero-order valence-corrected chi connectivity index (χ0v) is 11.9. The molecule has 1 aromatic rings. The van der Waals surface area contributed by atoms with E-state index in [9.17, 15) is 13.5 Å². The van der Waals surface area contributed by atoms with Gasteiger partial charge in [-0.15, -0.1) is 0 Å². The number of rotatable bonds is 4. The molecule has 106 valence electrons. The van der Waals surface area contributed by atoms with E-state index in [-0.39, 0.29) is 17.5 Å². The van der Waals surface area contributed by atoms with Gasteiger partial charge in [-0.2, -0.15) is 0 Å². The molecule has 1 heterocycles. The molecule has 1 aromatic carbocycles. The molecule has 2 unspecified atom stereocenters. The predicted molar refractivity (Wildman–Crippen MR) is 71.3 cm³/mol. The summed E-state index contributed by atoms with van der Waals surface area (Å²) in [7, 11) is -3.59. The standard InChI is InChI=1S/C13H19NO4S/c1-10-3-5-12(6-4-10)19(16,17)14-9-13(15)7-8-18-11(13)2/h3-6,11,14-15H,7-9H2,1-2H3. The Hall–Kier alpha value is -0.950. The summed E-state index contributed by atoms with van der Waals surface area (Å²) >= 11 is 0. The summed E-state index contributed by atoms with van der Waals surface area (Å²) in [6.07, 6.45) is 0.0677. The van der Waals surface area contributed by atoms with Crippen LogP contribution >= 0.6 is 0 Å². The Morgan fingerprint density at radius 3 is 2.58 bits per heavy atom. The predicted octanol–water partition coefficient (Wildman–Crippen LogP) is 0.813. The van der Waals surface area contributed by atoms with Crippen molar-refractivity contribution in [3.05, 3.63) is 29.8 Å². The molecule has 6 heteroatoms. The Morgan fingerprint density at radius 2 is 2.05 bits per heavy atom. The van der Waals surface area contributed by atoms with Gasteiger partial charge in [0.1, 0.15) is 5.60 Å². The third kappa shape index (κ3) is 3.14. The molecular formula is C13H19NO4S. The number of hydrogen-bond donors (Lipinski definition) is 2. The molecule has 0 radical (unpaired) electrons. The van der Waals surface area contributed by atoms with Crippen LogP contribution in [0.5, 0.6) is 0 Å². The molecule has 1 saturated heterocycles. The molecule has 0 amide bonds. The SMILES string of the molecule is Cc1ccc(S(=O)(=O)NCC2(O)CCOC2C)cc1. The summed E-state index contributed by atoms with van der Waals surface area (Å²) in [5.41, 5.74) is -0.131. The minimum absolute atomic E-state index is 0.0373. The average molecular weight is 285 g/mol. The van der Waals surface area contributed by atoms with Gasteiger partial charge < -0.3 is 9.84 Å². The molecule has 1 aliphatic rings. The number of hydrogen-bond acceptors (Lipinski definition) is 4. The van der Waals surface area contributed by atoms with Gasteiger partial charge in [0, 0.05) is 19.6 Å². The van der Waals surface area contributed by atoms with Gasteiger partial charge in [-0.3, -0.25) is 0 Å². The van der Waals surface area contributed by atoms with E-state index in [1.54, 1.807) is 31.2 Å². The average Bonchev–Trinajstić information content (AvgIpc) is 2.69. The molecular weight excluding hydrogens is 266 g/mol. The first-order valence-electron chi connectivity index (χ1n) is 6.24. The second kappa shape index (κ2) is 5.20. The van der Waals surface area contributed by atoms with Crippen LogP contribution in [0.15, 0.2) is 29.2 Å². The second-order valence-corrected chi connectivity index (χ2v) is 6.77. The molecule has 0 aromatic heterocycles. The molecule has 2 N–H and O–H groups in total. The van der Waals surface area contributed by atoms with Crippen molar-refractivity contribution in [2.75, 3.05) is 13.2 Å². The quantitative estimate of drug-likeness (QED) is 0.858. The fourth-order valence-electron chi connectivity index (χ4n) is 2.02. The van der Waals surface area contributed by atoms with Crippen LogP contribution in [-0.4, -0.2) is 38.4 Å². The van der Waals surface area contributed by atoms with E-state index in [1.165, 1.54) is 0 Å². The normalized spacial score (nSPS) is 27.6. The summed E-state index contributed by atoms with van der Waals surface area (Å²) in [5, 5.41) is 10.3. The molecule has 19 heavy (non-hydrogen) atoms. The molecule has 2 rings (SSSR count). The van der Waals surface area contributed by atoms with E-state index < -0.39 is 15.6 Å². The highest BCUT2D eigenvalue weighted by Gasteiger charge is 2.40. The topological polar surface area (TPSA) is 75.6 Å². The van der Waals surface area contributed by atoms with E-state index in [1.807, 2.05) is 6.92 Å². The lowest BCUT2D eigenvalue weighted by atomic mass is 9.97. The summed E-state index contributed by atoms with van der Waals surface area (Å²) in [4.78, 5) is 0.202. The van der Waals surface area contributed by atoms with Crippen LogP contribution in [-0.2, 0) is 14.8 Å². The summed E-state index contributed by atoms with van der Waals surface area (Å²) in [6, 6.07) is 6.59. The lowest BCUT2D eigenvalue weighted by molar-refractivity contribution is -0.0228. The van der Waals surface area contributed by atoms with Gasteiger partial charge in [-0.1, -0.05) is 17.7 Å². The van der Waals surface area contributed by atoms with Crippen molar-refractivity contribution in [1.29, 1.82) is 0 Å².